The van der Waals surface area contributed by atoms with E-state index < -0.39 is 0 Å². The lowest BCUT2D eigenvalue weighted by Crippen LogP contribution is -1.90. The van der Waals surface area contributed by atoms with Crippen molar-refractivity contribution < 1.29 is 0 Å². The van der Waals surface area contributed by atoms with Gasteiger partial charge in [0.15, 0.2) is 0 Å². The summed E-state index contributed by atoms with van der Waals surface area (Å²) in [7, 11) is 0. The SMILES string of the molecule is CCC(C)c1ccc(C#CCCl)cc1. The molecule has 0 aliphatic rings. The Hall–Kier alpha value is -0.930. The molecule has 0 aromatic heterocycles. The Labute approximate surface area is 91.3 Å². The normalized spacial score (nSPS) is 11.6. The van der Waals surface area contributed by atoms with Gasteiger partial charge in [0.1, 0.15) is 0 Å². The van der Waals surface area contributed by atoms with Gasteiger partial charge in [-0.05, 0) is 30.0 Å². The quantitative estimate of drug-likeness (QED) is 0.510. The number of rotatable bonds is 2. The summed E-state index contributed by atoms with van der Waals surface area (Å²) in [6.45, 7) is 4.44. The van der Waals surface area contributed by atoms with E-state index in [2.05, 4.69) is 50.0 Å². The number of hydrogen-bond donors (Lipinski definition) is 0. The number of hydrogen-bond acceptors (Lipinski definition) is 0. The smallest absolute Gasteiger partial charge is 0.0839 e. The predicted octanol–water partition coefficient (Wildman–Crippen LogP) is 3.79. The lowest BCUT2D eigenvalue weighted by Gasteiger charge is -2.07. The minimum absolute atomic E-state index is 0.396. The highest BCUT2D eigenvalue weighted by molar-refractivity contribution is 6.19. The van der Waals surface area contributed by atoms with Gasteiger partial charge >= 0.3 is 0 Å². The molecular formula is C13H15Cl. The van der Waals surface area contributed by atoms with Crippen LogP contribution in [0.5, 0.6) is 0 Å². The van der Waals surface area contributed by atoms with Crippen LogP contribution < -0.4 is 0 Å². The van der Waals surface area contributed by atoms with Gasteiger partial charge in [-0.15, -0.1) is 11.6 Å². The van der Waals surface area contributed by atoms with Gasteiger partial charge < -0.3 is 0 Å². The summed E-state index contributed by atoms with van der Waals surface area (Å²) in [5.41, 5.74) is 2.42. The molecule has 1 rings (SSSR count). The van der Waals surface area contributed by atoms with Gasteiger partial charge in [0, 0.05) is 5.56 Å². The van der Waals surface area contributed by atoms with E-state index in [4.69, 9.17) is 11.6 Å². The highest BCUT2D eigenvalue weighted by atomic mass is 35.5. The molecule has 1 unspecified atom stereocenters. The number of benzene rings is 1. The first kappa shape index (κ1) is 11.1. The molecule has 0 bridgehead atoms. The fraction of sp³-hybridized carbons (Fsp3) is 0.385. The highest BCUT2D eigenvalue weighted by Crippen LogP contribution is 2.18. The van der Waals surface area contributed by atoms with Crippen molar-refractivity contribution in [3.8, 4) is 11.8 Å². The fourth-order valence-electron chi connectivity index (χ4n) is 1.27. The molecule has 74 valence electrons. The van der Waals surface area contributed by atoms with Crippen LogP contribution in [0.15, 0.2) is 24.3 Å². The van der Waals surface area contributed by atoms with Crippen molar-refractivity contribution >= 4 is 11.6 Å². The van der Waals surface area contributed by atoms with E-state index in [1.54, 1.807) is 0 Å². The fourth-order valence-corrected chi connectivity index (χ4v) is 1.33. The molecule has 0 aliphatic heterocycles. The minimum Gasteiger partial charge on any atom is -0.113 e. The van der Waals surface area contributed by atoms with E-state index in [0.717, 1.165) is 5.56 Å². The Balaban J connectivity index is 2.78. The van der Waals surface area contributed by atoms with Crippen LogP contribution in [0.1, 0.15) is 37.3 Å². The molecule has 0 heterocycles. The maximum absolute atomic E-state index is 5.48. The van der Waals surface area contributed by atoms with Crippen molar-refractivity contribution in [2.24, 2.45) is 0 Å². The second-order valence-electron chi connectivity index (χ2n) is 3.37. The molecule has 1 atom stereocenters. The van der Waals surface area contributed by atoms with Crippen LogP contribution in [0.3, 0.4) is 0 Å². The summed E-state index contributed by atoms with van der Waals surface area (Å²) in [6, 6.07) is 8.40. The average Bonchev–Trinajstić information content (AvgIpc) is 2.26. The molecule has 1 heteroatoms. The molecule has 0 radical (unpaired) electrons. The largest absolute Gasteiger partial charge is 0.113 e. The van der Waals surface area contributed by atoms with Crippen molar-refractivity contribution in [3.63, 3.8) is 0 Å². The summed E-state index contributed by atoms with van der Waals surface area (Å²) in [5, 5.41) is 0. The van der Waals surface area contributed by atoms with Crippen LogP contribution in [0.25, 0.3) is 0 Å². The summed E-state index contributed by atoms with van der Waals surface area (Å²) in [6.07, 6.45) is 1.17. The van der Waals surface area contributed by atoms with Gasteiger partial charge in [0.25, 0.3) is 0 Å². The summed E-state index contributed by atoms with van der Waals surface area (Å²) in [5.74, 6) is 6.86. The average molecular weight is 207 g/mol. The molecule has 0 spiro atoms. The first-order chi connectivity index (χ1) is 6.77. The van der Waals surface area contributed by atoms with Crippen molar-refractivity contribution in [3.05, 3.63) is 35.4 Å². The van der Waals surface area contributed by atoms with Gasteiger partial charge in [0.05, 0.1) is 5.88 Å². The summed E-state index contributed by atoms with van der Waals surface area (Å²) >= 11 is 5.48. The summed E-state index contributed by atoms with van der Waals surface area (Å²) in [4.78, 5) is 0. The zero-order chi connectivity index (χ0) is 10.4. The standard InChI is InChI=1S/C13H15Cl/c1-3-11(2)13-8-6-12(7-9-13)5-4-10-14/h6-9,11H,3,10H2,1-2H3. The lowest BCUT2D eigenvalue weighted by atomic mass is 9.98. The molecule has 1 aromatic rings. The number of alkyl halides is 1. The third kappa shape index (κ3) is 3.09. The van der Waals surface area contributed by atoms with Crippen molar-refractivity contribution in [2.75, 3.05) is 5.88 Å². The van der Waals surface area contributed by atoms with E-state index >= 15 is 0 Å². The van der Waals surface area contributed by atoms with Gasteiger partial charge in [-0.1, -0.05) is 37.8 Å². The zero-order valence-electron chi connectivity index (χ0n) is 8.68. The molecule has 14 heavy (non-hydrogen) atoms. The Bertz CT molecular complexity index is 326. The van der Waals surface area contributed by atoms with Crippen LogP contribution >= 0.6 is 11.6 Å². The van der Waals surface area contributed by atoms with Crippen LogP contribution in [0.2, 0.25) is 0 Å². The molecule has 0 aliphatic carbocycles. The van der Waals surface area contributed by atoms with Gasteiger partial charge in [0.2, 0.25) is 0 Å². The van der Waals surface area contributed by atoms with Crippen molar-refractivity contribution in [1.82, 2.24) is 0 Å². The Morgan fingerprint density at radius 3 is 2.43 bits per heavy atom. The molecule has 0 saturated carbocycles. The number of halogens is 1. The topological polar surface area (TPSA) is 0 Å². The molecule has 0 amide bonds. The zero-order valence-corrected chi connectivity index (χ0v) is 9.43. The van der Waals surface area contributed by atoms with Gasteiger partial charge in [-0.2, -0.15) is 0 Å². The van der Waals surface area contributed by atoms with Crippen molar-refractivity contribution in [1.29, 1.82) is 0 Å². The second-order valence-corrected chi connectivity index (χ2v) is 3.63. The van der Waals surface area contributed by atoms with Crippen LogP contribution in [0, 0.1) is 11.8 Å². The molecule has 1 aromatic carbocycles. The van der Waals surface area contributed by atoms with E-state index in [0.29, 0.717) is 11.8 Å². The lowest BCUT2D eigenvalue weighted by molar-refractivity contribution is 0.733. The first-order valence-corrected chi connectivity index (χ1v) is 5.46. The third-order valence-electron chi connectivity index (χ3n) is 2.39. The Morgan fingerprint density at radius 1 is 1.29 bits per heavy atom. The second kappa shape index (κ2) is 5.73. The van der Waals surface area contributed by atoms with E-state index in [1.807, 2.05) is 0 Å². The molecule has 0 N–H and O–H groups in total. The maximum atomic E-state index is 5.48. The van der Waals surface area contributed by atoms with Crippen LogP contribution in [-0.2, 0) is 0 Å². The van der Waals surface area contributed by atoms with E-state index in [-0.39, 0.29) is 0 Å². The van der Waals surface area contributed by atoms with E-state index in [1.165, 1.54) is 12.0 Å². The minimum atomic E-state index is 0.396. The van der Waals surface area contributed by atoms with Crippen LogP contribution in [-0.4, -0.2) is 5.88 Å². The molecule has 0 nitrogen and oxygen atoms in total. The molecule has 0 fully saturated rings. The van der Waals surface area contributed by atoms with E-state index in [9.17, 15) is 0 Å². The predicted molar refractivity (Wildman–Crippen MR) is 62.7 cm³/mol. The highest BCUT2D eigenvalue weighted by Gasteiger charge is 2.00. The van der Waals surface area contributed by atoms with Gasteiger partial charge in [-0.25, -0.2) is 0 Å². The van der Waals surface area contributed by atoms with Crippen LogP contribution in [0.4, 0.5) is 0 Å². The monoisotopic (exact) mass is 206 g/mol. The maximum Gasteiger partial charge on any atom is 0.0839 e. The third-order valence-corrected chi connectivity index (χ3v) is 2.53. The molecule has 0 saturated heterocycles. The Morgan fingerprint density at radius 2 is 1.93 bits per heavy atom. The first-order valence-electron chi connectivity index (χ1n) is 4.92. The van der Waals surface area contributed by atoms with Gasteiger partial charge in [-0.3, -0.25) is 0 Å². The Kier molecular flexibility index (Phi) is 4.56. The summed E-state index contributed by atoms with van der Waals surface area (Å²) < 4.78 is 0. The molecular weight excluding hydrogens is 192 g/mol. The van der Waals surface area contributed by atoms with Crippen molar-refractivity contribution in [2.45, 2.75) is 26.2 Å².